The van der Waals surface area contributed by atoms with Crippen LogP contribution >= 0.6 is 0 Å². The van der Waals surface area contributed by atoms with E-state index in [9.17, 15) is 4.79 Å². The molecule has 0 unspecified atom stereocenters. The highest BCUT2D eigenvalue weighted by atomic mass is 16.5. The van der Waals surface area contributed by atoms with Crippen LogP contribution in [-0.2, 0) is 14.3 Å². The Bertz CT molecular complexity index is 180. The fourth-order valence-electron chi connectivity index (χ4n) is 0.650. The van der Waals surface area contributed by atoms with Crippen LogP contribution in [0.1, 0.15) is 6.92 Å². The van der Waals surface area contributed by atoms with E-state index in [4.69, 9.17) is 16.2 Å². The highest BCUT2D eigenvalue weighted by Crippen LogP contribution is 1.88. The highest BCUT2D eigenvalue weighted by molar-refractivity contribution is 5.82. The first-order valence-corrected chi connectivity index (χ1v) is 4.11. The number of carbonyl (C=O) groups excluding carboxylic acids is 1. The van der Waals surface area contributed by atoms with Crippen molar-refractivity contribution in [3.63, 3.8) is 0 Å². The molecule has 0 atom stereocenters. The molecule has 0 aliphatic heterocycles. The number of nitrogens with two attached hydrogens (primary N) is 2. The fourth-order valence-corrected chi connectivity index (χ4v) is 0.650. The molecule has 0 rings (SSSR count). The second-order valence-electron chi connectivity index (χ2n) is 2.31. The van der Waals surface area contributed by atoms with Crippen molar-refractivity contribution in [3.8, 4) is 0 Å². The summed E-state index contributed by atoms with van der Waals surface area (Å²) in [5.74, 6) is -0.448. The molecule has 0 amide bonds. The van der Waals surface area contributed by atoms with Crippen molar-refractivity contribution in [2.24, 2.45) is 11.5 Å². The first kappa shape index (κ1) is 11.9. The van der Waals surface area contributed by atoms with Crippen molar-refractivity contribution < 1.29 is 14.3 Å². The third-order valence-electron chi connectivity index (χ3n) is 1.12. The predicted octanol–water partition coefficient (Wildman–Crippen LogP) is -0.633. The Morgan fingerprint density at radius 2 is 2.23 bits per heavy atom. The second-order valence-corrected chi connectivity index (χ2v) is 2.31. The van der Waals surface area contributed by atoms with E-state index in [-0.39, 0.29) is 6.61 Å². The van der Waals surface area contributed by atoms with Crippen LogP contribution in [0.15, 0.2) is 11.8 Å². The number of hydrogen-bond donors (Lipinski definition) is 2. The van der Waals surface area contributed by atoms with E-state index in [1.807, 2.05) is 0 Å². The molecule has 4 N–H and O–H groups in total. The zero-order valence-electron chi connectivity index (χ0n) is 7.79. The lowest BCUT2D eigenvalue weighted by atomic mass is 10.4. The van der Waals surface area contributed by atoms with Crippen molar-refractivity contribution in [2.45, 2.75) is 6.92 Å². The minimum absolute atomic E-state index is 0.204. The Morgan fingerprint density at radius 1 is 1.54 bits per heavy atom. The van der Waals surface area contributed by atoms with E-state index >= 15 is 0 Å². The van der Waals surface area contributed by atoms with Gasteiger partial charge in [0.05, 0.1) is 19.8 Å². The molecule has 0 aliphatic carbocycles. The number of rotatable bonds is 6. The van der Waals surface area contributed by atoms with E-state index in [2.05, 4.69) is 4.74 Å². The summed E-state index contributed by atoms with van der Waals surface area (Å²) in [6.07, 6.45) is 1.21. The summed E-state index contributed by atoms with van der Waals surface area (Å²) in [4.78, 5) is 10.8. The quantitative estimate of drug-likeness (QED) is 0.329. The van der Waals surface area contributed by atoms with Crippen molar-refractivity contribution in [2.75, 3.05) is 26.4 Å². The molecular weight excluding hydrogens is 172 g/mol. The van der Waals surface area contributed by atoms with E-state index in [0.717, 1.165) is 0 Å². The smallest absolute Gasteiger partial charge is 0.332 e. The van der Waals surface area contributed by atoms with Crippen LogP contribution in [0.2, 0.25) is 0 Å². The Balaban J connectivity index is 3.67. The Morgan fingerprint density at radius 3 is 2.77 bits per heavy atom. The maximum atomic E-state index is 10.8. The summed E-state index contributed by atoms with van der Waals surface area (Å²) in [5.41, 5.74) is 11.0. The average molecular weight is 188 g/mol. The number of carbonyl (C=O) groups is 1. The van der Waals surface area contributed by atoms with Crippen LogP contribution in [0.3, 0.4) is 0 Å². The van der Waals surface area contributed by atoms with Crippen molar-refractivity contribution in [1.82, 2.24) is 0 Å². The van der Waals surface area contributed by atoms with Gasteiger partial charge in [-0.15, -0.1) is 0 Å². The molecule has 0 fully saturated rings. The first-order chi connectivity index (χ1) is 6.20. The molecule has 0 bridgehead atoms. The molecule has 13 heavy (non-hydrogen) atoms. The minimum atomic E-state index is -0.448. The van der Waals surface area contributed by atoms with E-state index in [1.165, 1.54) is 6.08 Å². The molecule has 0 saturated heterocycles. The number of esters is 1. The SMILES string of the molecule is CCOC(=O)/C=C(/N)COCCN. The topological polar surface area (TPSA) is 87.6 Å². The fraction of sp³-hybridized carbons (Fsp3) is 0.625. The van der Waals surface area contributed by atoms with Crippen LogP contribution in [-0.4, -0.2) is 32.3 Å². The number of hydrogen-bond acceptors (Lipinski definition) is 5. The van der Waals surface area contributed by atoms with Gasteiger partial charge >= 0.3 is 5.97 Å². The van der Waals surface area contributed by atoms with Gasteiger partial charge in [0, 0.05) is 18.3 Å². The molecule has 0 aromatic rings. The lowest BCUT2D eigenvalue weighted by molar-refractivity contribution is -0.137. The normalized spacial score (nSPS) is 11.4. The molecule has 0 aromatic heterocycles. The third-order valence-corrected chi connectivity index (χ3v) is 1.12. The third kappa shape index (κ3) is 7.30. The van der Waals surface area contributed by atoms with Crippen molar-refractivity contribution in [3.05, 3.63) is 11.8 Å². The van der Waals surface area contributed by atoms with Crippen LogP contribution in [0, 0.1) is 0 Å². The predicted molar refractivity (Wildman–Crippen MR) is 48.8 cm³/mol. The molecule has 0 radical (unpaired) electrons. The lowest BCUT2D eigenvalue weighted by Gasteiger charge is -2.02. The molecule has 0 aliphatic rings. The maximum absolute atomic E-state index is 10.8. The molecule has 0 spiro atoms. The largest absolute Gasteiger partial charge is 0.463 e. The lowest BCUT2D eigenvalue weighted by Crippen LogP contribution is -2.14. The van der Waals surface area contributed by atoms with Gasteiger partial charge in [0.15, 0.2) is 0 Å². The summed E-state index contributed by atoms with van der Waals surface area (Å²) in [6, 6.07) is 0. The van der Waals surface area contributed by atoms with E-state index < -0.39 is 5.97 Å². The molecule has 5 nitrogen and oxygen atoms in total. The van der Waals surface area contributed by atoms with Crippen molar-refractivity contribution >= 4 is 5.97 Å². The zero-order chi connectivity index (χ0) is 10.1. The zero-order valence-corrected chi connectivity index (χ0v) is 7.79. The summed E-state index contributed by atoms with van der Waals surface area (Å²) in [7, 11) is 0. The van der Waals surface area contributed by atoms with Crippen molar-refractivity contribution in [1.29, 1.82) is 0 Å². The van der Waals surface area contributed by atoms with E-state index in [0.29, 0.717) is 25.5 Å². The Hall–Kier alpha value is -1.07. The van der Waals surface area contributed by atoms with Crippen LogP contribution in [0.5, 0.6) is 0 Å². The molecular formula is C8H16N2O3. The van der Waals surface area contributed by atoms with Gasteiger partial charge in [0.25, 0.3) is 0 Å². The van der Waals surface area contributed by atoms with Gasteiger partial charge in [-0.25, -0.2) is 4.79 Å². The second kappa shape index (κ2) is 7.57. The molecule has 0 heterocycles. The van der Waals surface area contributed by atoms with Gasteiger partial charge in [0.1, 0.15) is 0 Å². The van der Waals surface area contributed by atoms with Crippen LogP contribution in [0.4, 0.5) is 0 Å². The Kier molecular flexibility index (Phi) is 6.95. The maximum Gasteiger partial charge on any atom is 0.332 e. The standard InChI is InChI=1S/C8H16N2O3/c1-2-13-8(11)5-7(10)6-12-4-3-9/h5H,2-4,6,9-10H2,1H3/b7-5+. The van der Waals surface area contributed by atoms with Gasteiger partial charge in [-0.3, -0.25) is 0 Å². The van der Waals surface area contributed by atoms with Gasteiger partial charge < -0.3 is 20.9 Å². The van der Waals surface area contributed by atoms with Gasteiger partial charge in [-0.2, -0.15) is 0 Å². The average Bonchev–Trinajstić information content (AvgIpc) is 2.05. The van der Waals surface area contributed by atoms with Gasteiger partial charge in [-0.1, -0.05) is 0 Å². The molecule has 0 aromatic carbocycles. The summed E-state index contributed by atoms with van der Waals surface area (Å²) >= 11 is 0. The highest BCUT2D eigenvalue weighted by Gasteiger charge is 1.98. The summed E-state index contributed by atoms with van der Waals surface area (Å²) < 4.78 is 9.64. The van der Waals surface area contributed by atoms with E-state index in [1.54, 1.807) is 6.92 Å². The minimum Gasteiger partial charge on any atom is -0.463 e. The van der Waals surface area contributed by atoms with Crippen LogP contribution < -0.4 is 11.5 Å². The summed E-state index contributed by atoms with van der Waals surface area (Å²) in [6.45, 7) is 3.14. The number of ether oxygens (including phenoxy) is 2. The van der Waals surface area contributed by atoms with Gasteiger partial charge in [-0.05, 0) is 6.92 Å². The first-order valence-electron chi connectivity index (χ1n) is 4.11. The van der Waals surface area contributed by atoms with Crippen LogP contribution in [0.25, 0.3) is 0 Å². The molecule has 76 valence electrons. The van der Waals surface area contributed by atoms with Gasteiger partial charge in [0.2, 0.25) is 0 Å². The summed E-state index contributed by atoms with van der Waals surface area (Å²) in [5, 5.41) is 0. The monoisotopic (exact) mass is 188 g/mol. The molecule has 0 saturated carbocycles. The Labute approximate surface area is 77.7 Å². The molecule has 5 heteroatoms.